The summed E-state index contributed by atoms with van der Waals surface area (Å²) in [6, 6.07) is 15.8. The Bertz CT molecular complexity index is 766. The first-order valence-corrected chi connectivity index (χ1v) is 6.37. The molecule has 0 aliphatic carbocycles. The molecule has 0 fully saturated rings. The minimum atomic E-state index is 0.362. The van der Waals surface area contributed by atoms with E-state index in [1.807, 2.05) is 48.5 Å². The molecule has 2 aromatic heterocycles. The average Bonchev–Trinajstić information content (AvgIpc) is 2.47. The van der Waals surface area contributed by atoms with E-state index < -0.39 is 0 Å². The Kier molecular flexibility index (Phi) is 3.13. The molecule has 4 nitrogen and oxygen atoms in total. The Morgan fingerprint density at radius 1 is 1.05 bits per heavy atom. The summed E-state index contributed by atoms with van der Waals surface area (Å²) in [7, 11) is 0. The number of anilines is 1. The second kappa shape index (κ2) is 5.09. The lowest BCUT2D eigenvalue weighted by Gasteiger charge is -2.10. The zero-order chi connectivity index (χ0) is 13.9. The van der Waals surface area contributed by atoms with Crippen LogP contribution in [-0.4, -0.2) is 15.8 Å². The fourth-order valence-corrected chi connectivity index (χ4v) is 2.12. The van der Waals surface area contributed by atoms with E-state index in [9.17, 15) is 0 Å². The fourth-order valence-electron chi connectivity index (χ4n) is 2.12. The van der Waals surface area contributed by atoms with Crippen LogP contribution in [-0.2, 0) is 0 Å². The van der Waals surface area contributed by atoms with Crippen molar-refractivity contribution >= 4 is 22.4 Å². The van der Waals surface area contributed by atoms with Gasteiger partial charge in [0.25, 0.3) is 0 Å². The van der Waals surface area contributed by atoms with E-state index in [2.05, 4.69) is 15.3 Å². The summed E-state index contributed by atoms with van der Waals surface area (Å²) in [6.07, 6.45) is 1.75. The van der Waals surface area contributed by atoms with Crippen LogP contribution in [0.4, 0.5) is 5.82 Å². The van der Waals surface area contributed by atoms with Crippen molar-refractivity contribution in [2.24, 2.45) is 0 Å². The fraction of sp³-hybridized carbons (Fsp3) is 0.0625. The predicted octanol–water partition coefficient (Wildman–Crippen LogP) is 3.71. The molecule has 0 atom stereocenters. The van der Waals surface area contributed by atoms with Crippen LogP contribution >= 0.6 is 0 Å². The highest BCUT2D eigenvalue weighted by atomic mass is 15.0. The monoisotopic (exact) mass is 262 g/mol. The molecule has 0 aliphatic rings. The van der Waals surface area contributed by atoms with E-state index in [4.69, 9.17) is 5.41 Å². The van der Waals surface area contributed by atoms with Gasteiger partial charge in [-0.1, -0.05) is 30.3 Å². The van der Waals surface area contributed by atoms with Crippen molar-refractivity contribution < 1.29 is 0 Å². The van der Waals surface area contributed by atoms with Gasteiger partial charge in [0, 0.05) is 11.6 Å². The van der Waals surface area contributed by atoms with Crippen molar-refractivity contribution in [2.75, 3.05) is 5.32 Å². The molecule has 0 saturated carbocycles. The average molecular weight is 262 g/mol. The Hall–Kier alpha value is -2.75. The third-order valence-corrected chi connectivity index (χ3v) is 2.97. The number of fused-ring (bicyclic) bond motifs is 1. The molecular weight excluding hydrogens is 248 g/mol. The lowest BCUT2D eigenvalue weighted by molar-refractivity contribution is 1.26. The van der Waals surface area contributed by atoms with Gasteiger partial charge < -0.3 is 5.32 Å². The highest BCUT2D eigenvalue weighted by molar-refractivity contribution is 6.01. The number of rotatable bonds is 2. The Morgan fingerprint density at radius 2 is 1.85 bits per heavy atom. The Balaban J connectivity index is 2.22. The lowest BCUT2D eigenvalue weighted by Crippen LogP contribution is -2.07. The summed E-state index contributed by atoms with van der Waals surface area (Å²) in [5.41, 5.74) is 1.62. The van der Waals surface area contributed by atoms with Gasteiger partial charge in [0.15, 0.2) is 0 Å². The number of aromatic nitrogens is 2. The number of pyridine rings is 2. The smallest absolute Gasteiger partial charge is 0.139 e. The van der Waals surface area contributed by atoms with Crippen LogP contribution in [0.5, 0.6) is 0 Å². The van der Waals surface area contributed by atoms with E-state index in [0.29, 0.717) is 11.7 Å². The van der Waals surface area contributed by atoms with Gasteiger partial charge in [0.1, 0.15) is 5.82 Å². The van der Waals surface area contributed by atoms with E-state index in [1.54, 1.807) is 13.1 Å². The topological polar surface area (TPSA) is 61.7 Å². The maximum absolute atomic E-state index is 7.62. The molecule has 0 radical (unpaired) electrons. The summed E-state index contributed by atoms with van der Waals surface area (Å²) >= 11 is 0. The van der Waals surface area contributed by atoms with Crippen LogP contribution in [0.3, 0.4) is 0 Å². The number of nitrogens with one attached hydrogen (secondary N) is 2. The van der Waals surface area contributed by atoms with Crippen LogP contribution in [0.2, 0.25) is 0 Å². The zero-order valence-electron chi connectivity index (χ0n) is 11.1. The minimum Gasteiger partial charge on any atom is -0.329 e. The molecule has 0 aliphatic heterocycles. The number of amidine groups is 1. The largest absolute Gasteiger partial charge is 0.329 e. The molecular formula is C16H14N4. The molecule has 3 aromatic rings. The summed E-state index contributed by atoms with van der Waals surface area (Å²) in [5, 5.41) is 12.7. The second-order valence-electron chi connectivity index (χ2n) is 4.54. The van der Waals surface area contributed by atoms with Gasteiger partial charge in [0.05, 0.1) is 17.2 Å². The van der Waals surface area contributed by atoms with E-state index in [1.165, 1.54) is 0 Å². The van der Waals surface area contributed by atoms with Crippen LogP contribution in [0.25, 0.3) is 22.2 Å². The van der Waals surface area contributed by atoms with Gasteiger partial charge in [-0.15, -0.1) is 0 Å². The van der Waals surface area contributed by atoms with Gasteiger partial charge in [0.2, 0.25) is 0 Å². The maximum Gasteiger partial charge on any atom is 0.139 e. The zero-order valence-corrected chi connectivity index (χ0v) is 11.1. The van der Waals surface area contributed by atoms with Crippen molar-refractivity contribution in [3.8, 4) is 11.4 Å². The summed E-state index contributed by atoms with van der Waals surface area (Å²) < 4.78 is 0. The van der Waals surface area contributed by atoms with Crippen molar-refractivity contribution in [3.63, 3.8) is 0 Å². The molecule has 2 N–H and O–H groups in total. The molecule has 1 aromatic carbocycles. The van der Waals surface area contributed by atoms with Crippen molar-refractivity contribution in [3.05, 3.63) is 54.7 Å². The van der Waals surface area contributed by atoms with E-state index in [0.717, 1.165) is 22.2 Å². The van der Waals surface area contributed by atoms with E-state index in [-0.39, 0.29) is 0 Å². The second-order valence-corrected chi connectivity index (χ2v) is 4.54. The van der Waals surface area contributed by atoms with Crippen molar-refractivity contribution in [1.82, 2.24) is 9.97 Å². The van der Waals surface area contributed by atoms with Gasteiger partial charge in [-0.2, -0.15) is 0 Å². The van der Waals surface area contributed by atoms with Crippen LogP contribution < -0.4 is 5.32 Å². The van der Waals surface area contributed by atoms with Crippen LogP contribution in [0.1, 0.15) is 6.92 Å². The normalized spacial score (nSPS) is 10.4. The number of nitrogens with zero attached hydrogens (tertiary/aromatic N) is 2. The summed E-state index contributed by atoms with van der Waals surface area (Å²) in [5.74, 6) is 1.05. The molecule has 0 bridgehead atoms. The molecule has 2 heterocycles. The van der Waals surface area contributed by atoms with E-state index >= 15 is 0 Å². The molecule has 0 saturated heterocycles. The number of hydrogen-bond donors (Lipinski definition) is 2. The molecule has 20 heavy (non-hydrogen) atoms. The molecule has 0 spiro atoms. The van der Waals surface area contributed by atoms with Gasteiger partial charge in [-0.05, 0) is 30.5 Å². The third kappa shape index (κ3) is 2.36. The molecule has 0 amide bonds. The highest BCUT2D eigenvalue weighted by Crippen LogP contribution is 2.26. The van der Waals surface area contributed by atoms with Crippen LogP contribution in [0.15, 0.2) is 54.7 Å². The van der Waals surface area contributed by atoms with Crippen molar-refractivity contribution in [2.45, 2.75) is 6.92 Å². The quantitative estimate of drug-likeness (QED) is 0.546. The number of benzene rings is 1. The molecule has 3 rings (SSSR count). The summed E-state index contributed by atoms with van der Waals surface area (Å²) in [6.45, 7) is 1.70. The predicted molar refractivity (Wildman–Crippen MR) is 82.0 cm³/mol. The minimum absolute atomic E-state index is 0.362. The number of hydrogen-bond acceptors (Lipinski definition) is 3. The SMILES string of the molecule is CC(=N)Nc1nc(-c2ccccn2)cc2ccccc12. The molecule has 0 unspecified atom stereocenters. The Labute approximate surface area is 117 Å². The molecule has 98 valence electrons. The lowest BCUT2D eigenvalue weighted by atomic mass is 10.1. The maximum atomic E-state index is 7.62. The van der Waals surface area contributed by atoms with Crippen LogP contribution in [0, 0.1) is 5.41 Å². The first-order valence-electron chi connectivity index (χ1n) is 6.37. The summed E-state index contributed by atoms with van der Waals surface area (Å²) in [4.78, 5) is 8.93. The van der Waals surface area contributed by atoms with Gasteiger partial charge >= 0.3 is 0 Å². The molecule has 4 heteroatoms. The Morgan fingerprint density at radius 3 is 2.60 bits per heavy atom. The van der Waals surface area contributed by atoms with Crippen molar-refractivity contribution in [1.29, 1.82) is 5.41 Å². The first-order chi connectivity index (χ1) is 9.74. The van der Waals surface area contributed by atoms with Gasteiger partial charge in [-0.3, -0.25) is 10.4 Å². The third-order valence-electron chi connectivity index (χ3n) is 2.97. The van der Waals surface area contributed by atoms with Gasteiger partial charge in [-0.25, -0.2) is 4.98 Å². The standard InChI is InChI=1S/C16H14N4/c1-11(17)19-16-13-7-3-2-6-12(13)10-15(20-16)14-8-4-5-9-18-14/h2-10H,1H3,(H2,17,19,20). The first kappa shape index (κ1) is 12.3. The highest BCUT2D eigenvalue weighted by Gasteiger charge is 2.08.